The van der Waals surface area contributed by atoms with Gasteiger partial charge in [-0.05, 0) is 49.6 Å². The molecule has 132 valence electrons. The summed E-state index contributed by atoms with van der Waals surface area (Å²) in [6.45, 7) is 2.42. The summed E-state index contributed by atoms with van der Waals surface area (Å²) in [6, 6.07) is 15.3. The highest BCUT2D eigenvalue weighted by atomic mass is 16.5. The Kier molecular flexibility index (Phi) is 3.84. The average Bonchev–Trinajstić information content (AvgIpc) is 3.48. The predicted molar refractivity (Wildman–Crippen MR) is 97.7 cm³/mol. The highest BCUT2D eigenvalue weighted by Gasteiger charge is 2.44. The maximum Gasteiger partial charge on any atom is 0.258 e. The fraction of sp³-hybridized carbons (Fsp3) is 0.333. The van der Waals surface area contributed by atoms with Crippen molar-refractivity contribution in [3.8, 4) is 17.6 Å². The van der Waals surface area contributed by atoms with Gasteiger partial charge in [0.2, 0.25) is 0 Å². The Morgan fingerprint density at radius 1 is 1.27 bits per heavy atom. The van der Waals surface area contributed by atoms with Crippen LogP contribution in [0.25, 0.3) is 0 Å². The minimum atomic E-state index is -0.338. The van der Waals surface area contributed by atoms with Gasteiger partial charge < -0.3 is 14.4 Å². The van der Waals surface area contributed by atoms with E-state index < -0.39 is 0 Å². The predicted octanol–water partition coefficient (Wildman–Crippen LogP) is 3.68. The number of carbonyl (C=O) groups excluding carboxylic acids is 1. The topological polar surface area (TPSA) is 62.6 Å². The Balaban J connectivity index is 1.65. The van der Waals surface area contributed by atoms with E-state index in [9.17, 15) is 10.1 Å². The molecule has 0 unspecified atom stereocenters. The number of ether oxygens (including phenoxy) is 2. The lowest BCUT2D eigenvalue weighted by molar-refractivity contribution is 0.0961. The Morgan fingerprint density at radius 2 is 2.00 bits per heavy atom. The number of carbonyl (C=O) groups is 1. The first-order valence-electron chi connectivity index (χ1n) is 8.75. The van der Waals surface area contributed by atoms with Crippen molar-refractivity contribution in [3.05, 3.63) is 53.6 Å². The first kappa shape index (κ1) is 16.5. The number of hydrogen-bond acceptors (Lipinski definition) is 4. The molecule has 1 heterocycles. The third kappa shape index (κ3) is 2.68. The molecule has 5 heteroatoms. The van der Waals surface area contributed by atoms with Crippen LogP contribution in [0.1, 0.15) is 35.7 Å². The summed E-state index contributed by atoms with van der Waals surface area (Å²) in [5, 5.41) is 9.33. The number of benzene rings is 2. The van der Waals surface area contributed by atoms with Gasteiger partial charge in [0, 0.05) is 11.6 Å². The molecule has 1 saturated carbocycles. The number of nitriles is 1. The van der Waals surface area contributed by atoms with Gasteiger partial charge in [0.1, 0.15) is 17.6 Å². The number of hydrogen-bond donors (Lipinski definition) is 0. The molecule has 2 aliphatic rings. The number of rotatable bonds is 3. The number of amides is 1. The van der Waals surface area contributed by atoms with E-state index in [0.29, 0.717) is 29.3 Å². The highest BCUT2D eigenvalue weighted by molar-refractivity contribution is 6.07. The van der Waals surface area contributed by atoms with Gasteiger partial charge >= 0.3 is 0 Å². The van der Waals surface area contributed by atoms with Gasteiger partial charge in [0.15, 0.2) is 0 Å². The van der Waals surface area contributed by atoms with Crippen LogP contribution in [0.5, 0.6) is 11.5 Å². The van der Waals surface area contributed by atoms with Gasteiger partial charge in [-0.1, -0.05) is 12.1 Å². The highest BCUT2D eigenvalue weighted by Crippen LogP contribution is 2.47. The Bertz CT molecular complexity index is 894. The van der Waals surface area contributed by atoms with E-state index in [4.69, 9.17) is 9.47 Å². The monoisotopic (exact) mass is 348 g/mol. The van der Waals surface area contributed by atoms with Crippen molar-refractivity contribution in [2.24, 2.45) is 0 Å². The van der Waals surface area contributed by atoms with Gasteiger partial charge in [0.25, 0.3) is 5.91 Å². The fourth-order valence-electron chi connectivity index (χ4n) is 3.41. The van der Waals surface area contributed by atoms with Gasteiger partial charge in [-0.25, -0.2) is 0 Å². The molecular formula is C21H20N2O3. The zero-order chi connectivity index (χ0) is 18.3. The smallest absolute Gasteiger partial charge is 0.258 e. The van der Waals surface area contributed by atoms with Crippen LogP contribution < -0.4 is 14.4 Å². The van der Waals surface area contributed by atoms with Gasteiger partial charge in [0.05, 0.1) is 30.8 Å². The first-order valence-corrected chi connectivity index (χ1v) is 8.75. The summed E-state index contributed by atoms with van der Waals surface area (Å²) in [6.07, 6.45) is 1.70. The van der Waals surface area contributed by atoms with E-state index in [1.165, 1.54) is 0 Å². The van der Waals surface area contributed by atoms with Crippen LogP contribution in [-0.4, -0.2) is 25.7 Å². The van der Waals surface area contributed by atoms with E-state index in [2.05, 4.69) is 6.07 Å². The van der Waals surface area contributed by atoms with Crippen LogP contribution in [0.4, 0.5) is 5.69 Å². The van der Waals surface area contributed by atoms with Crippen molar-refractivity contribution in [2.45, 2.75) is 31.3 Å². The molecule has 26 heavy (non-hydrogen) atoms. The summed E-state index contributed by atoms with van der Waals surface area (Å²) >= 11 is 0. The minimum Gasteiger partial charge on any atom is -0.497 e. The second-order valence-corrected chi connectivity index (χ2v) is 6.95. The van der Waals surface area contributed by atoms with E-state index in [0.717, 1.165) is 18.4 Å². The number of fused-ring (bicyclic) bond motifs is 1. The van der Waals surface area contributed by atoms with Crippen molar-refractivity contribution < 1.29 is 14.3 Å². The second kappa shape index (κ2) is 6.06. The normalized spacial score (nSPS) is 19.7. The number of nitrogens with zero attached hydrogens (tertiary/aromatic N) is 2. The van der Waals surface area contributed by atoms with E-state index >= 15 is 0 Å². The molecule has 0 aromatic heterocycles. The van der Waals surface area contributed by atoms with Crippen LogP contribution in [0.2, 0.25) is 0 Å². The summed E-state index contributed by atoms with van der Waals surface area (Å²) in [5.74, 6) is 1.28. The lowest BCUT2D eigenvalue weighted by atomic mass is 9.96. The van der Waals surface area contributed by atoms with E-state index in [1.54, 1.807) is 12.0 Å². The third-order valence-electron chi connectivity index (χ3n) is 5.12. The first-order chi connectivity index (χ1) is 12.6. The number of anilines is 1. The minimum absolute atomic E-state index is 0.0805. The second-order valence-electron chi connectivity index (χ2n) is 6.95. The van der Waals surface area contributed by atoms with Crippen LogP contribution >= 0.6 is 0 Å². The summed E-state index contributed by atoms with van der Waals surface area (Å²) < 4.78 is 11.1. The third-order valence-corrected chi connectivity index (χ3v) is 5.12. The molecule has 2 aromatic carbocycles. The molecule has 1 aliphatic heterocycles. The lowest BCUT2D eigenvalue weighted by Gasteiger charge is -2.33. The van der Waals surface area contributed by atoms with Crippen molar-refractivity contribution in [1.82, 2.24) is 0 Å². The molecule has 0 radical (unpaired) electrons. The molecule has 0 bridgehead atoms. The number of methoxy groups -OCH3 is 1. The van der Waals surface area contributed by atoms with Gasteiger partial charge in [-0.15, -0.1) is 0 Å². The van der Waals surface area contributed by atoms with Crippen molar-refractivity contribution in [1.29, 1.82) is 5.26 Å². The molecule has 5 nitrogen and oxygen atoms in total. The lowest BCUT2D eigenvalue weighted by Crippen LogP contribution is -2.42. The standard InChI is InChI=1S/C21H20N2O3/c1-14-12-23(18-11-17(25-2)7-8-19(18)26-14)20(24)15-3-5-16(6-4-15)21(13-22)9-10-21/h3-8,11,14H,9-10,12H2,1-2H3/t14-/m1/s1. The molecule has 1 aliphatic carbocycles. The zero-order valence-corrected chi connectivity index (χ0v) is 14.9. The average molecular weight is 348 g/mol. The van der Waals surface area contributed by atoms with Gasteiger partial charge in [-0.2, -0.15) is 5.26 Å². The quantitative estimate of drug-likeness (QED) is 0.849. The molecule has 2 aromatic rings. The molecule has 1 atom stereocenters. The maximum atomic E-state index is 13.1. The largest absolute Gasteiger partial charge is 0.497 e. The summed E-state index contributed by atoms with van der Waals surface area (Å²) in [7, 11) is 1.60. The summed E-state index contributed by atoms with van der Waals surface area (Å²) in [5.41, 5.74) is 1.97. The molecule has 1 amide bonds. The Labute approximate surface area is 152 Å². The van der Waals surface area contributed by atoms with Crippen molar-refractivity contribution in [2.75, 3.05) is 18.6 Å². The van der Waals surface area contributed by atoms with E-state index in [-0.39, 0.29) is 17.4 Å². The molecular weight excluding hydrogens is 328 g/mol. The van der Waals surface area contributed by atoms with Crippen LogP contribution in [0, 0.1) is 11.3 Å². The zero-order valence-electron chi connectivity index (χ0n) is 14.9. The fourth-order valence-corrected chi connectivity index (χ4v) is 3.41. The van der Waals surface area contributed by atoms with Crippen LogP contribution in [-0.2, 0) is 5.41 Å². The maximum absolute atomic E-state index is 13.1. The van der Waals surface area contributed by atoms with Crippen LogP contribution in [0.15, 0.2) is 42.5 Å². The molecule has 0 saturated heterocycles. The molecule has 0 spiro atoms. The van der Waals surface area contributed by atoms with Crippen molar-refractivity contribution in [3.63, 3.8) is 0 Å². The van der Waals surface area contributed by atoms with Crippen LogP contribution in [0.3, 0.4) is 0 Å². The van der Waals surface area contributed by atoms with Crippen molar-refractivity contribution >= 4 is 11.6 Å². The molecule has 0 N–H and O–H groups in total. The Morgan fingerprint density at radius 3 is 2.62 bits per heavy atom. The Hall–Kier alpha value is -3.00. The SMILES string of the molecule is COc1ccc2c(c1)N(C(=O)c1ccc(C3(C#N)CC3)cc1)C[C@@H](C)O2. The summed E-state index contributed by atoms with van der Waals surface area (Å²) in [4.78, 5) is 14.9. The van der Waals surface area contributed by atoms with Gasteiger partial charge in [-0.3, -0.25) is 4.79 Å². The van der Waals surface area contributed by atoms with E-state index in [1.807, 2.05) is 49.4 Å². The molecule has 4 rings (SSSR count). The molecule has 1 fully saturated rings.